The first-order valence-electron chi connectivity index (χ1n) is 9.64. The number of amides is 1. The van der Waals surface area contributed by atoms with Gasteiger partial charge in [0.05, 0.1) is 18.7 Å². The SMILES string of the molecule is CCCC(=O)N(Cc1[nH]c(C)c(C(=O)OCC)c1C)C1CCCCC1. The minimum absolute atomic E-state index is 0.221. The highest BCUT2D eigenvalue weighted by atomic mass is 16.5. The maximum atomic E-state index is 12.7. The Balaban J connectivity index is 2.24. The summed E-state index contributed by atoms with van der Waals surface area (Å²) in [5.74, 6) is -0.0668. The standard InChI is InChI=1S/C20H32N2O3/c1-5-10-18(23)22(16-11-8-7-9-12-16)13-17-14(3)19(15(4)21-17)20(24)25-6-2/h16,21H,5-13H2,1-4H3. The number of aromatic amines is 1. The number of ether oxygens (including phenoxy) is 1. The van der Waals surface area contributed by atoms with E-state index in [2.05, 4.69) is 4.98 Å². The molecule has 1 aliphatic rings. The van der Waals surface area contributed by atoms with Crippen LogP contribution in [0.25, 0.3) is 0 Å². The predicted molar refractivity (Wildman–Crippen MR) is 98.6 cm³/mol. The highest BCUT2D eigenvalue weighted by molar-refractivity contribution is 5.92. The van der Waals surface area contributed by atoms with Crippen LogP contribution in [0.15, 0.2) is 0 Å². The van der Waals surface area contributed by atoms with Gasteiger partial charge < -0.3 is 14.6 Å². The van der Waals surface area contributed by atoms with E-state index in [-0.39, 0.29) is 11.9 Å². The van der Waals surface area contributed by atoms with Gasteiger partial charge in [-0.15, -0.1) is 0 Å². The van der Waals surface area contributed by atoms with Gasteiger partial charge in [0.25, 0.3) is 0 Å². The van der Waals surface area contributed by atoms with Crippen molar-refractivity contribution in [2.24, 2.45) is 0 Å². The first kappa shape index (κ1) is 19.5. The molecule has 1 N–H and O–H groups in total. The fraction of sp³-hybridized carbons (Fsp3) is 0.700. The third-order valence-electron chi connectivity index (χ3n) is 5.15. The van der Waals surface area contributed by atoms with Crippen molar-refractivity contribution >= 4 is 11.9 Å². The van der Waals surface area contributed by atoms with Gasteiger partial charge >= 0.3 is 5.97 Å². The largest absolute Gasteiger partial charge is 0.462 e. The van der Waals surface area contributed by atoms with Gasteiger partial charge in [-0.1, -0.05) is 26.2 Å². The molecule has 1 aromatic rings. The Hall–Kier alpha value is -1.78. The van der Waals surface area contributed by atoms with Crippen LogP contribution in [-0.2, 0) is 16.1 Å². The number of carbonyl (C=O) groups excluding carboxylic acids is 2. The average Bonchev–Trinajstić information content (AvgIpc) is 2.87. The van der Waals surface area contributed by atoms with Crippen molar-refractivity contribution < 1.29 is 14.3 Å². The summed E-state index contributed by atoms with van der Waals surface area (Å²) >= 11 is 0. The van der Waals surface area contributed by atoms with Gasteiger partial charge in [-0.3, -0.25) is 4.79 Å². The lowest BCUT2D eigenvalue weighted by Crippen LogP contribution is -2.41. The lowest BCUT2D eigenvalue weighted by molar-refractivity contribution is -0.135. The van der Waals surface area contributed by atoms with E-state index in [0.29, 0.717) is 31.2 Å². The fourth-order valence-corrected chi connectivity index (χ4v) is 3.82. The number of nitrogens with one attached hydrogen (secondary N) is 1. The summed E-state index contributed by atoms with van der Waals surface area (Å²) in [5.41, 5.74) is 3.29. The summed E-state index contributed by atoms with van der Waals surface area (Å²) in [6, 6.07) is 0.321. The van der Waals surface area contributed by atoms with Crippen molar-refractivity contribution in [3.8, 4) is 0 Å². The van der Waals surface area contributed by atoms with E-state index >= 15 is 0 Å². The molecule has 0 aliphatic heterocycles. The van der Waals surface area contributed by atoms with Crippen molar-refractivity contribution in [3.05, 3.63) is 22.5 Å². The first-order valence-corrected chi connectivity index (χ1v) is 9.64. The Morgan fingerprint density at radius 1 is 1.16 bits per heavy atom. The smallest absolute Gasteiger partial charge is 0.340 e. The lowest BCUT2D eigenvalue weighted by Gasteiger charge is -2.34. The summed E-state index contributed by atoms with van der Waals surface area (Å²) in [6.07, 6.45) is 7.26. The van der Waals surface area contributed by atoms with Crippen LogP contribution in [0.1, 0.15) is 86.1 Å². The second kappa shape index (κ2) is 9.07. The van der Waals surface area contributed by atoms with Gasteiger partial charge in [-0.2, -0.15) is 0 Å². The normalized spacial score (nSPS) is 15.2. The van der Waals surface area contributed by atoms with Crippen molar-refractivity contribution in [1.29, 1.82) is 0 Å². The topological polar surface area (TPSA) is 62.4 Å². The van der Waals surface area contributed by atoms with Gasteiger partial charge in [0.1, 0.15) is 0 Å². The summed E-state index contributed by atoms with van der Waals surface area (Å²) in [7, 11) is 0. The molecule has 5 nitrogen and oxygen atoms in total. The van der Waals surface area contributed by atoms with E-state index in [1.807, 2.05) is 32.6 Å². The Morgan fingerprint density at radius 2 is 1.84 bits per heavy atom. The number of aromatic nitrogens is 1. The van der Waals surface area contributed by atoms with E-state index in [1.54, 1.807) is 0 Å². The highest BCUT2D eigenvalue weighted by Crippen LogP contribution is 2.27. The maximum Gasteiger partial charge on any atom is 0.340 e. The number of hydrogen-bond donors (Lipinski definition) is 1. The monoisotopic (exact) mass is 348 g/mol. The van der Waals surface area contributed by atoms with E-state index in [0.717, 1.165) is 36.2 Å². The Kier molecular flexibility index (Phi) is 7.09. The molecule has 25 heavy (non-hydrogen) atoms. The molecule has 0 aromatic carbocycles. The van der Waals surface area contributed by atoms with Crippen molar-refractivity contribution in [2.45, 2.75) is 85.2 Å². The first-order chi connectivity index (χ1) is 12.0. The minimum Gasteiger partial charge on any atom is -0.462 e. The van der Waals surface area contributed by atoms with Crippen LogP contribution in [0.3, 0.4) is 0 Å². The van der Waals surface area contributed by atoms with Crippen LogP contribution in [0.5, 0.6) is 0 Å². The molecule has 0 atom stereocenters. The van der Waals surface area contributed by atoms with Crippen molar-refractivity contribution in [3.63, 3.8) is 0 Å². The van der Waals surface area contributed by atoms with Gasteiger partial charge in [-0.25, -0.2) is 4.79 Å². The second-order valence-electron chi connectivity index (χ2n) is 7.01. The molecule has 1 aliphatic carbocycles. The number of hydrogen-bond acceptors (Lipinski definition) is 3. The summed E-state index contributed by atoms with van der Waals surface area (Å²) in [5, 5.41) is 0. The van der Waals surface area contributed by atoms with Crippen molar-refractivity contribution in [2.75, 3.05) is 6.61 Å². The molecule has 1 fully saturated rings. The number of esters is 1. The van der Waals surface area contributed by atoms with Crippen LogP contribution < -0.4 is 0 Å². The number of rotatable bonds is 7. The fourth-order valence-electron chi connectivity index (χ4n) is 3.82. The Labute approximate surface area is 151 Å². The molecule has 140 valence electrons. The molecule has 1 amide bonds. The zero-order valence-corrected chi connectivity index (χ0v) is 16.1. The van der Waals surface area contributed by atoms with Gasteiger partial charge in [0.15, 0.2) is 0 Å². The number of H-pyrrole nitrogens is 1. The summed E-state index contributed by atoms with van der Waals surface area (Å²) in [6.45, 7) is 8.59. The molecule has 0 radical (unpaired) electrons. The molecule has 0 saturated heterocycles. The molecule has 1 saturated carbocycles. The molecule has 1 aromatic heterocycles. The van der Waals surface area contributed by atoms with Gasteiger partial charge in [0.2, 0.25) is 5.91 Å². The highest BCUT2D eigenvalue weighted by Gasteiger charge is 2.27. The number of carbonyl (C=O) groups is 2. The van der Waals surface area contributed by atoms with Crippen LogP contribution in [0, 0.1) is 13.8 Å². The predicted octanol–water partition coefficient (Wildman–Crippen LogP) is 4.27. The average molecular weight is 348 g/mol. The molecule has 0 bridgehead atoms. The molecule has 1 heterocycles. The van der Waals surface area contributed by atoms with E-state index in [4.69, 9.17) is 4.74 Å². The summed E-state index contributed by atoms with van der Waals surface area (Å²) < 4.78 is 5.17. The summed E-state index contributed by atoms with van der Waals surface area (Å²) in [4.78, 5) is 30.3. The van der Waals surface area contributed by atoms with Crippen LogP contribution in [0.2, 0.25) is 0 Å². The quantitative estimate of drug-likeness (QED) is 0.749. The zero-order chi connectivity index (χ0) is 18.4. The van der Waals surface area contributed by atoms with Crippen LogP contribution in [-0.4, -0.2) is 34.4 Å². The molecular weight excluding hydrogens is 316 g/mol. The molecule has 0 unspecified atom stereocenters. The Morgan fingerprint density at radius 3 is 2.44 bits per heavy atom. The zero-order valence-electron chi connectivity index (χ0n) is 16.1. The van der Waals surface area contributed by atoms with Crippen LogP contribution >= 0.6 is 0 Å². The minimum atomic E-state index is -0.288. The second-order valence-corrected chi connectivity index (χ2v) is 7.01. The van der Waals surface area contributed by atoms with Crippen molar-refractivity contribution in [1.82, 2.24) is 9.88 Å². The third kappa shape index (κ3) is 4.65. The number of nitrogens with zero attached hydrogens (tertiary/aromatic N) is 1. The molecular formula is C20H32N2O3. The van der Waals surface area contributed by atoms with Gasteiger partial charge in [-0.05, 0) is 45.6 Å². The number of aryl methyl sites for hydroxylation is 1. The van der Waals surface area contributed by atoms with E-state index in [1.165, 1.54) is 19.3 Å². The van der Waals surface area contributed by atoms with Gasteiger partial charge in [0, 0.05) is 23.9 Å². The lowest BCUT2D eigenvalue weighted by atomic mass is 9.93. The Bertz CT molecular complexity index is 600. The molecule has 5 heteroatoms. The van der Waals surface area contributed by atoms with Crippen LogP contribution in [0.4, 0.5) is 0 Å². The van der Waals surface area contributed by atoms with E-state index in [9.17, 15) is 9.59 Å². The maximum absolute atomic E-state index is 12.7. The van der Waals surface area contributed by atoms with E-state index < -0.39 is 0 Å². The molecule has 2 rings (SSSR count). The third-order valence-corrected chi connectivity index (χ3v) is 5.15. The molecule has 0 spiro atoms.